The van der Waals surface area contributed by atoms with Gasteiger partial charge >= 0.3 is 0 Å². The Kier molecular flexibility index (Phi) is 4.17. The van der Waals surface area contributed by atoms with E-state index in [2.05, 4.69) is 38.0 Å². The summed E-state index contributed by atoms with van der Waals surface area (Å²) in [6.45, 7) is 7.63. The number of nitrogens with one attached hydrogen (secondary N) is 1. The minimum absolute atomic E-state index is 0.599. The molecule has 1 unspecified atom stereocenters. The topological polar surface area (TPSA) is 15.3 Å². The summed E-state index contributed by atoms with van der Waals surface area (Å²) in [5.74, 6) is 1.52. The van der Waals surface area contributed by atoms with Gasteiger partial charge in [-0.3, -0.25) is 0 Å². The second-order valence-corrected chi connectivity index (χ2v) is 5.16. The smallest absolute Gasteiger partial charge is 0.168 e. The number of nitrogens with zero attached hydrogens (tertiary/aromatic N) is 1. The summed E-state index contributed by atoms with van der Waals surface area (Å²) in [6, 6.07) is 0.599. The molecule has 0 spiro atoms. The van der Waals surface area contributed by atoms with Crippen molar-refractivity contribution in [1.29, 1.82) is 0 Å². The molecule has 1 rings (SSSR count). The third-order valence-corrected chi connectivity index (χ3v) is 3.33. The Hall–Kier alpha value is -0.310. The second kappa shape index (κ2) is 4.96. The SMILES string of the molecule is CC(C)CNC(=S)N(C)C(C)C1CC1. The summed E-state index contributed by atoms with van der Waals surface area (Å²) in [6.07, 6.45) is 2.75. The molecular weight excluding hydrogens is 192 g/mol. The highest BCUT2D eigenvalue weighted by molar-refractivity contribution is 7.80. The molecule has 0 saturated heterocycles. The van der Waals surface area contributed by atoms with Crippen molar-refractivity contribution in [3.63, 3.8) is 0 Å². The van der Waals surface area contributed by atoms with Crippen molar-refractivity contribution in [3.8, 4) is 0 Å². The fraction of sp³-hybridized carbons (Fsp3) is 0.909. The Morgan fingerprint density at radius 2 is 2.00 bits per heavy atom. The highest BCUT2D eigenvalue weighted by Gasteiger charge is 2.31. The third kappa shape index (κ3) is 3.45. The van der Waals surface area contributed by atoms with Crippen LogP contribution in [0.1, 0.15) is 33.6 Å². The average molecular weight is 214 g/mol. The molecule has 0 aliphatic heterocycles. The van der Waals surface area contributed by atoms with E-state index in [0.29, 0.717) is 12.0 Å². The maximum Gasteiger partial charge on any atom is 0.168 e. The maximum absolute atomic E-state index is 5.33. The lowest BCUT2D eigenvalue weighted by atomic mass is 10.2. The van der Waals surface area contributed by atoms with E-state index in [1.54, 1.807) is 0 Å². The summed E-state index contributed by atoms with van der Waals surface area (Å²) in [5.41, 5.74) is 0. The van der Waals surface area contributed by atoms with E-state index in [-0.39, 0.29) is 0 Å². The summed E-state index contributed by atoms with van der Waals surface area (Å²) in [4.78, 5) is 2.20. The molecule has 0 bridgehead atoms. The zero-order chi connectivity index (χ0) is 10.7. The predicted molar refractivity (Wildman–Crippen MR) is 65.4 cm³/mol. The van der Waals surface area contributed by atoms with Gasteiger partial charge in [0.15, 0.2) is 5.11 Å². The van der Waals surface area contributed by atoms with Crippen LogP contribution in [0.3, 0.4) is 0 Å². The highest BCUT2D eigenvalue weighted by atomic mass is 32.1. The van der Waals surface area contributed by atoms with E-state index >= 15 is 0 Å². The lowest BCUT2D eigenvalue weighted by molar-refractivity contribution is 0.347. The van der Waals surface area contributed by atoms with Crippen molar-refractivity contribution in [2.75, 3.05) is 13.6 Å². The molecule has 1 saturated carbocycles. The Labute approximate surface area is 93.1 Å². The molecule has 14 heavy (non-hydrogen) atoms. The first-order valence-corrected chi connectivity index (χ1v) is 5.94. The van der Waals surface area contributed by atoms with Crippen LogP contribution in [0.4, 0.5) is 0 Å². The minimum Gasteiger partial charge on any atom is -0.362 e. The molecule has 1 aliphatic rings. The van der Waals surface area contributed by atoms with Crippen LogP contribution in [0, 0.1) is 11.8 Å². The zero-order valence-corrected chi connectivity index (χ0v) is 10.5. The van der Waals surface area contributed by atoms with Gasteiger partial charge < -0.3 is 10.2 Å². The first kappa shape index (κ1) is 11.8. The lowest BCUT2D eigenvalue weighted by Crippen LogP contribution is -2.44. The molecule has 1 fully saturated rings. The molecular formula is C11H22N2S. The minimum atomic E-state index is 0.599. The van der Waals surface area contributed by atoms with Gasteiger partial charge in [0, 0.05) is 19.6 Å². The fourth-order valence-corrected chi connectivity index (χ4v) is 1.75. The van der Waals surface area contributed by atoms with Crippen LogP contribution >= 0.6 is 12.2 Å². The van der Waals surface area contributed by atoms with Gasteiger partial charge in [-0.05, 0) is 43.8 Å². The third-order valence-electron chi connectivity index (χ3n) is 2.90. The maximum atomic E-state index is 5.33. The fourth-order valence-electron chi connectivity index (χ4n) is 1.50. The van der Waals surface area contributed by atoms with Gasteiger partial charge in [-0.1, -0.05) is 13.8 Å². The van der Waals surface area contributed by atoms with Crippen LogP contribution in [-0.2, 0) is 0 Å². The Balaban J connectivity index is 2.27. The first-order valence-electron chi connectivity index (χ1n) is 5.53. The Morgan fingerprint density at radius 1 is 1.43 bits per heavy atom. The predicted octanol–water partition coefficient (Wildman–Crippen LogP) is 2.25. The van der Waals surface area contributed by atoms with E-state index in [1.807, 2.05) is 0 Å². The summed E-state index contributed by atoms with van der Waals surface area (Å²) in [7, 11) is 2.10. The molecule has 0 heterocycles. The quantitative estimate of drug-likeness (QED) is 0.723. The first-order chi connectivity index (χ1) is 6.52. The van der Waals surface area contributed by atoms with Gasteiger partial charge in [-0.25, -0.2) is 0 Å². The van der Waals surface area contributed by atoms with Gasteiger partial charge in [0.25, 0.3) is 0 Å². The molecule has 0 aromatic rings. The number of hydrogen-bond donors (Lipinski definition) is 1. The Morgan fingerprint density at radius 3 is 2.43 bits per heavy atom. The summed E-state index contributed by atoms with van der Waals surface area (Å²) in [5, 5.41) is 4.20. The van der Waals surface area contributed by atoms with Gasteiger partial charge in [0.2, 0.25) is 0 Å². The van der Waals surface area contributed by atoms with Crippen LogP contribution in [0.2, 0.25) is 0 Å². The molecule has 1 atom stereocenters. The normalized spacial score (nSPS) is 18.1. The standard InChI is InChI=1S/C11H22N2S/c1-8(2)7-12-11(14)13(4)9(3)10-5-6-10/h8-10H,5-7H2,1-4H3,(H,12,14). The lowest BCUT2D eigenvalue weighted by Gasteiger charge is -2.28. The second-order valence-electron chi connectivity index (χ2n) is 4.77. The van der Waals surface area contributed by atoms with E-state index in [1.165, 1.54) is 12.8 Å². The van der Waals surface area contributed by atoms with Crippen molar-refractivity contribution in [2.24, 2.45) is 11.8 Å². The van der Waals surface area contributed by atoms with Crippen LogP contribution in [0.15, 0.2) is 0 Å². The number of rotatable bonds is 4. The summed E-state index contributed by atoms with van der Waals surface area (Å²) < 4.78 is 0. The van der Waals surface area contributed by atoms with Gasteiger partial charge in [-0.15, -0.1) is 0 Å². The van der Waals surface area contributed by atoms with Gasteiger partial charge in [0.1, 0.15) is 0 Å². The van der Waals surface area contributed by atoms with Crippen molar-refractivity contribution in [2.45, 2.75) is 39.7 Å². The van der Waals surface area contributed by atoms with Crippen molar-refractivity contribution in [1.82, 2.24) is 10.2 Å². The van der Waals surface area contributed by atoms with Crippen LogP contribution in [0.25, 0.3) is 0 Å². The zero-order valence-electron chi connectivity index (χ0n) is 9.71. The van der Waals surface area contributed by atoms with Crippen LogP contribution in [0.5, 0.6) is 0 Å². The largest absolute Gasteiger partial charge is 0.362 e. The van der Waals surface area contributed by atoms with Gasteiger partial charge in [0.05, 0.1) is 0 Å². The molecule has 1 N–H and O–H groups in total. The summed E-state index contributed by atoms with van der Waals surface area (Å²) >= 11 is 5.33. The molecule has 2 nitrogen and oxygen atoms in total. The van der Waals surface area contributed by atoms with Crippen molar-refractivity contribution < 1.29 is 0 Å². The van der Waals surface area contributed by atoms with Gasteiger partial charge in [-0.2, -0.15) is 0 Å². The molecule has 82 valence electrons. The van der Waals surface area contributed by atoms with E-state index < -0.39 is 0 Å². The average Bonchev–Trinajstić information content (AvgIpc) is 2.94. The molecule has 3 heteroatoms. The molecule has 0 amide bonds. The number of hydrogen-bond acceptors (Lipinski definition) is 1. The van der Waals surface area contributed by atoms with E-state index in [4.69, 9.17) is 12.2 Å². The monoisotopic (exact) mass is 214 g/mol. The van der Waals surface area contributed by atoms with E-state index in [0.717, 1.165) is 17.6 Å². The molecule has 0 radical (unpaired) electrons. The van der Waals surface area contributed by atoms with E-state index in [9.17, 15) is 0 Å². The van der Waals surface area contributed by atoms with Crippen LogP contribution < -0.4 is 5.32 Å². The van der Waals surface area contributed by atoms with Crippen LogP contribution in [-0.4, -0.2) is 29.6 Å². The Bertz CT molecular complexity index is 199. The number of thiocarbonyl (C=S) groups is 1. The molecule has 0 aromatic carbocycles. The highest BCUT2D eigenvalue weighted by Crippen LogP contribution is 2.34. The molecule has 0 aromatic heterocycles. The van der Waals surface area contributed by atoms with Crippen molar-refractivity contribution >= 4 is 17.3 Å². The molecule has 1 aliphatic carbocycles. The van der Waals surface area contributed by atoms with Crippen molar-refractivity contribution in [3.05, 3.63) is 0 Å².